The molecular formula is C21H30N4O2. The number of aryl methyl sites for hydroxylation is 1. The number of fused-ring (bicyclic) bond motifs is 1. The number of rotatable bonds is 5. The van der Waals surface area contributed by atoms with Gasteiger partial charge in [0.1, 0.15) is 6.04 Å². The highest BCUT2D eigenvalue weighted by Gasteiger charge is 2.43. The summed E-state index contributed by atoms with van der Waals surface area (Å²) in [7, 11) is 0. The number of nitrogens with two attached hydrogens (primary N) is 1. The standard InChI is InChI=1S/C21H30N4O2/c1-11-4-3-5-14-9-16(24-17(11)14)21(27)25-19(13-6-7-13)18-12(2)8-15(10-23-18)20(22)26/h3-5,12-13,15-16,18-19,23-24H,6-10H2,1-2H3,(H2,22,26)(H,25,27). The molecule has 5 unspecified atom stereocenters. The van der Waals surface area contributed by atoms with Crippen LogP contribution in [0.15, 0.2) is 18.2 Å². The molecule has 6 nitrogen and oxygen atoms in total. The van der Waals surface area contributed by atoms with E-state index in [4.69, 9.17) is 5.73 Å². The third kappa shape index (κ3) is 3.68. The highest BCUT2D eigenvalue weighted by atomic mass is 16.2. The second-order valence-electron chi connectivity index (χ2n) is 8.63. The summed E-state index contributed by atoms with van der Waals surface area (Å²) >= 11 is 0. The fraction of sp³-hybridized carbons (Fsp3) is 0.619. The van der Waals surface area contributed by atoms with Crippen molar-refractivity contribution in [2.24, 2.45) is 23.5 Å². The van der Waals surface area contributed by atoms with Crippen molar-refractivity contribution in [3.63, 3.8) is 0 Å². The lowest BCUT2D eigenvalue weighted by molar-refractivity contribution is -0.125. The van der Waals surface area contributed by atoms with E-state index in [2.05, 4.69) is 41.9 Å². The minimum atomic E-state index is -0.233. The molecule has 3 aliphatic rings. The Morgan fingerprint density at radius 2 is 2.07 bits per heavy atom. The Morgan fingerprint density at radius 1 is 1.30 bits per heavy atom. The van der Waals surface area contributed by atoms with E-state index >= 15 is 0 Å². The summed E-state index contributed by atoms with van der Waals surface area (Å²) in [5, 5.41) is 10.3. The van der Waals surface area contributed by atoms with Crippen molar-refractivity contribution in [1.29, 1.82) is 0 Å². The van der Waals surface area contributed by atoms with Crippen LogP contribution in [0.3, 0.4) is 0 Å². The number of piperidine rings is 1. The van der Waals surface area contributed by atoms with Crippen molar-refractivity contribution in [1.82, 2.24) is 10.6 Å². The van der Waals surface area contributed by atoms with Gasteiger partial charge >= 0.3 is 0 Å². The van der Waals surface area contributed by atoms with Gasteiger partial charge in [-0.2, -0.15) is 0 Å². The van der Waals surface area contributed by atoms with Crippen LogP contribution in [0.4, 0.5) is 5.69 Å². The van der Waals surface area contributed by atoms with E-state index in [9.17, 15) is 9.59 Å². The predicted octanol–water partition coefficient (Wildman–Crippen LogP) is 1.33. The lowest BCUT2D eigenvalue weighted by Gasteiger charge is -2.39. The average molecular weight is 370 g/mol. The van der Waals surface area contributed by atoms with Crippen LogP contribution in [0.25, 0.3) is 0 Å². The first-order valence-electron chi connectivity index (χ1n) is 10.1. The van der Waals surface area contributed by atoms with Crippen molar-refractivity contribution in [3.05, 3.63) is 29.3 Å². The van der Waals surface area contributed by atoms with Crippen LogP contribution >= 0.6 is 0 Å². The molecule has 2 aliphatic heterocycles. The summed E-state index contributed by atoms with van der Waals surface area (Å²) in [5.74, 6) is 0.570. The zero-order valence-electron chi connectivity index (χ0n) is 16.1. The largest absolute Gasteiger partial charge is 0.373 e. The molecule has 1 aromatic carbocycles. The fourth-order valence-electron chi connectivity index (χ4n) is 4.79. The van der Waals surface area contributed by atoms with Gasteiger partial charge in [0.2, 0.25) is 11.8 Å². The molecule has 27 heavy (non-hydrogen) atoms. The van der Waals surface area contributed by atoms with E-state index in [0.29, 0.717) is 18.4 Å². The molecule has 0 radical (unpaired) electrons. The van der Waals surface area contributed by atoms with Gasteiger partial charge in [0.15, 0.2) is 0 Å². The van der Waals surface area contributed by atoms with Gasteiger partial charge < -0.3 is 21.7 Å². The zero-order chi connectivity index (χ0) is 19.1. The van der Waals surface area contributed by atoms with Crippen molar-refractivity contribution in [2.45, 2.75) is 57.7 Å². The minimum Gasteiger partial charge on any atom is -0.373 e. The Morgan fingerprint density at radius 3 is 2.70 bits per heavy atom. The zero-order valence-corrected chi connectivity index (χ0v) is 16.1. The topological polar surface area (TPSA) is 96.2 Å². The third-order valence-electron chi connectivity index (χ3n) is 6.52. The van der Waals surface area contributed by atoms with Crippen LogP contribution in [0.5, 0.6) is 0 Å². The Labute approximate surface area is 160 Å². The summed E-state index contributed by atoms with van der Waals surface area (Å²) < 4.78 is 0. The number of hydrogen-bond donors (Lipinski definition) is 4. The predicted molar refractivity (Wildman–Crippen MR) is 105 cm³/mol. The van der Waals surface area contributed by atoms with Gasteiger partial charge in [-0.05, 0) is 49.1 Å². The number of anilines is 1. The second kappa shape index (κ2) is 7.15. The monoisotopic (exact) mass is 370 g/mol. The summed E-state index contributed by atoms with van der Waals surface area (Å²) in [6.07, 6.45) is 3.84. The molecule has 0 aromatic heterocycles. The van der Waals surface area contributed by atoms with E-state index in [1.165, 1.54) is 11.1 Å². The molecule has 1 saturated carbocycles. The number of benzene rings is 1. The maximum absolute atomic E-state index is 13.0. The lowest BCUT2D eigenvalue weighted by atomic mass is 9.81. The van der Waals surface area contributed by atoms with E-state index in [0.717, 1.165) is 31.4 Å². The van der Waals surface area contributed by atoms with Crippen molar-refractivity contribution < 1.29 is 9.59 Å². The van der Waals surface area contributed by atoms with Gasteiger partial charge in [0, 0.05) is 30.7 Å². The molecule has 146 valence electrons. The molecule has 2 amide bonds. The molecule has 6 heteroatoms. The maximum Gasteiger partial charge on any atom is 0.243 e. The van der Waals surface area contributed by atoms with Gasteiger partial charge in [-0.15, -0.1) is 0 Å². The van der Waals surface area contributed by atoms with Crippen molar-refractivity contribution >= 4 is 17.5 Å². The fourth-order valence-corrected chi connectivity index (χ4v) is 4.79. The van der Waals surface area contributed by atoms with Crippen LogP contribution in [-0.4, -0.2) is 36.5 Å². The summed E-state index contributed by atoms with van der Waals surface area (Å²) in [4.78, 5) is 24.5. The number of para-hydroxylation sites is 1. The minimum absolute atomic E-state index is 0.0773. The quantitative estimate of drug-likeness (QED) is 0.629. The highest BCUT2D eigenvalue weighted by Crippen LogP contribution is 2.38. The number of hydrogen-bond acceptors (Lipinski definition) is 4. The van der Waals surface area contributed by atoms with Gasteiger partial charge in [-0.3, -0.25) is 9.59 Å². The molecule has 0 spiro atoms. The van der Waals surface area contributed by atoms with Gasteiger partial charge in [-0.1, -0.05) is 25.1 Å². The number of nitrogens with one attached hydrogen (secondary N) is 3. The first kappa shape index (κ1) is 18.3. The summed E-state index contributed by atoms with van der Waals surface area (Å²) in [6.45, 7) is 4.83. The lowest BCUT2D eigenvalue weighted by Crippen LogP contribution is -2.60. The third-order valence-corrected chi connectivity index (χ3v) is 6.52. The number of carbonyl (C=O) groups excluding carboxylic acids is 2. The molecule has 0 bridgehead atoms. The smallest absolute Gasteiger partial charge is 0.243 e. The van der Waals surface area contributed by atoms with Crippen LogP contribution in [0.2, 0.25) is 0 Å². The molecule has 2 heterocycles. The summed E-state index contributed by atoms with van der Waals surface area (Å²) in [5.41, 5.74) is 8.99. The molecule has 4 rings (SSSR count). The van der Waals surface area contributed by atoms with Crippen LogP contribution < -0.4 is 21.7 Å². The highest BCUT2D eigenvalue weighted by molar-refractivity contribution is 5.88. The molecule has 2 fully saturated rings. The second-order valence-corrected chi connectivity index (χ2v) is 8.63. The normalized spacial score (nSPS) is 30.9. The molecule has 5 atom stereocenters. The van der Waals surface area contributed by atoms with E-state index in [-0.39, 0.29) is 35.9 Å². The maximum atomic E-state index is 13.0. The molecule has 5 N–H and O–H groups in total. The molecule has 1 aromatic rings. The molecule has 1 saturated heterocycles. The average Bonchev–Trinajstić information content (AvgIpc) is 3.37. The van der Waals surface area contributed by atoms with Gasteiger partial charge in [0.05, 0.1) is 5.92 Å². The SMILES string of the molecule is Cc1cccc2c1NC(C(=O)NC(C1CC1)C1NCC(C(N)=O)CC1C)C2. The molecule has 1 aliphatic carbocycles. The van der Waals surface area contributed by atoms with Crippen LogP contribution in [0.1, 0.15) is 37.3 Å². The van der Waals surface area contributed by atoms with Crippen molar-refractivity contribution in [2.75, 3.05) is 11.9 Å². The van der Waals surface area contributed by atoms with Gasteiger partial charge in [0.25, 0.3) is 0 Å². The Kier molecular flexibility index (Phi) is 4.84. The number of amides is 2. The van der Waals surface area contributed by atoms with E-state index < -0.39 is 0 Å². The Balaban J connectivity index is 1.42. The van der Waals surface area contributed by atoms with Crippen LogP contribution in [0, 0.1) is 24.7 Å². The Hall–Kier alpha value is -2.08. The summed E-state index contributed by atoms with van der Waals surface area (Å²) in [6, 6.07) is 6.32. The van der Waals surface area contributed by atoms with E-state index in [1.807, 2.05) is 6.07 Å². The van der Waals surface area contributed by atoms with Crippen LogP contribution in [-0.2, 0) is 16.0 Å². The van der Waals surface area contributed by atoms with Crippen molar-refractivity contribution in [3.8, 4) is 0 Å². The first-order chi connectivity index (χ1) is 12.9. The number of primary amides is 1. The number of carbonyl (C=O) groups is 2. The van der Waals surface area contributed by atoms with E-state index in [1.54, 1.807) is 0 Å². The van der Waals surface area contributed by atoms with Gasteiger partial charge in [-0.25, -0.2) is 0 Å². The molecular weight excluding hydrogens is 340 g/mol. The first-order valence-corrected chi connectivity index (χ1v) is 10.1. The Bertz CT molecular complexity index is 746.